The molecule has 0 aliphatic carbocycles. The second kappa shape index (κ2) is 9.43. The fourth-order valence-corrected chi connectivity index (χ4v) is 5.60. The first-order valence-electron chi connectivity index (χ1n) is 11.5. The molecule has 0 amide bonds. The number of rotatable bonds is 3. The predicted molar refractivity (Wildman–Crippen MR) is 150 cm³/mol. The summed E-state index contributed by atoms with van der Waals surface area (Å²) in [5.41, 5.74) is 3.51. The Morgan fingerprint density at radius 3 is 2.40 bits per heavy atom. The molecule has 178 valence electrons. The number of anilines is 1. The number of guanidine groups is 1. The van der Waals surface area contributed by atoms with Crippen molar-refractivity contribution in [2.45, 2.75) is 45.4 Å². The zero-order chi connectivity index (χ0) is 24.6. The van der Waals surface area contributed by atoms with E-state index in [-0.39, 0.29) is 10.8 Å². The summed E-state index contributed by atoms with van der Waals surface area (Å²) < 4.78 is 0. The van der Waals surface area contributed by atoms with Crippen molar-refractivity contribution in [3.8, 4) is 0 Å². The Morgan fingerprint density at radius 2 is 1.69 bits per heavy atom. The lowest BCUT2D eigenvalue weighted by Gasteiger charge is -2.26. The molecule has 1 unspecified atom stereocenters. The SMILES string of the molecule is CC1=NN(/C(=N/c2nnc(C)s2)Nc2ccc(C(C)(C)C)cc2)C(c2cccc3ccccc23)S1. The predicted octanol–water partition coefficient (Wildman–Crippen LogP) is 7.48. The van der Waals surface area contributed by atoms with Crippen LogP contribution in [0.3, 0.4) is 0 Å². The number of hydrogen-bond donors (Lipinski definition) is 1. The normalized spacial score (nSPS) is 16.6. The summed E-state index contributed by atoms with van der Waals surface area (Å²) in [5, 5.41) is 23.6. The minimum atomic E-state index is -0.0600. The highest BCUT2D eigenvalue weighted by Gasteiger charge is 2.32. The minimum absolute atomic E-state index is 0.0600. The summed E-state index contributed by atoms with van der Waals surface area (Å²) in [6.07, 6.45) is 0. The molecule has 1 aliphatic heterocycles. The van der Waals surface area contributed by atoms with Crippen LogP contribution < -0.4 is 5.32 Å². The van der Waals surface area contributed by atoms with Gasteiger partial charge >= 0.3 is 0 Å². The first-order valence-corrected chi connectivity index (χ1v) is 13.2. The van der Waals surface area contributed by atoms with Gasteiger partial charge in [-0.1, -0.05) is 98.5 Å². The van der Waals surface area contributed by atoms with E-state index < -0.39 is 0 Å². The van der Waals surface area contributed by atoms with Crippen LogP contribution in [0, 0.1) is 6.92 Å². The third-order valence-electron chi connectivity index (χ3n) is 5.78. The largest absolute Gasteiger partial charge is 0.324 e. The van der Waals surface area contributed by atoms with Gasteiger partial charge in [0, 0.05) is 5.69 Å². The first kappa shape index (κ1) is 23.5. The molecule has 5 rings (SSSR count). The highest BCUT2D eigenvalue weighted by Crippen LogP contribution is 2.42. The van der Waals surface area contributed by atoms with Crippen molar-refractivity contribution < 1.29 is 0 Å². The minimum Gasteiger partial charge on any atom is -0.324 e. The molecule has 0 saturated carbocycles. The Morgan fingerprint density at radius 1 is 0.943 bits per heavy atom. The number of hydrogen-bond acceptors (Lipinski definition) is 6. The average molecular weight is 501 g/mol. The number of nitrogens with one attached hydrogen (secondary N) is 1. The molecule has 0 bridgehead atoms. The molecule has 0 radical (unpaired) electrons. The Hall–Kier alpha value is -3.23. The van der Waals surface area contributed by atoms with Crippen molar-refractivity contribution in [1.29, 1.82) is 0 Å². The van der Waals surface area contributed by atoms with Gasteiger partial charge in [-0.05, 0) is 53.3 Å². The Kier molecular flexibility index (Phi) is 6.34. The Labute approximate surface area is 214 Å². The summed E-state index contributed by atoms with van der Waals surface area (Å²) in [6, 6.07) is 23.4. The lowest BCUT2D eigenvalue weighted by molar-refractivity contribution is 0.439. The highest BCUT2D eigenvalue weighted by atomic mass is 32.2. The molecular formula is C27H28N6S2. The molecular weight excluding hydrogens is 472 g/mol. The van der Waals surface area contributed by atoms with Gasteiger partial charge in [-0.3, -0.25) is 0 Å². The van der Waals surface area contributed by atoms with Crippen molar-refractivity contribution in [2.24, 2.45) is 10.1 Å². The zero-order valence-electron chi connectivity index (χ0n) is 20.5. The van der Waals surface area contributed by atoms with E-state index in [4.69, 9.17) is 10.1 Å². The quantitative estimate of drug-likeness (QED) is 0.233. The van der Waals surface area contributed by atoms with Crippen LogP contribution in [0.5, 0.6) is 0 Å². The number of aliphatic imine (C=N–C) groups is 1. The van der Waals surface area contributed by atoms with E-state index in [0.717, 1.165) is 15.7 Å². The molecule has 0 spiro atoms. The van der Waals surface area contributed by atoms with Crippen LogP contribution >= 0.6 is 23.1 Å². The van der Waals surface area contributed by atoms with Crippen LogP contribution in [0.15, 0.2) is 76.8 Å². The van der Waals surface area contributed by atoms with Gasteiger partial charge in [0.05, 0.1) is 5.04 Å². The van der Waals surface area contributed by atoms with Gasteiger partial charge < -0.3 is 5.32 Å². The van der Waals surface area contributed by atoms with Crippen molar-refractivity contribution in [3.63, 3.8) is 0 Å². The molecule has 1 aromatic heterocycles. The summed E-state index contributed by atoms with van der Waals surface area (Å²) in [4.78, 5) is 4.87. The zero-order valence-corrected chi connectivity index (χ0v) is 22.1. The van der Waals surface area contributed by atoms with Gasteiger partial charge in [-0.25, -0.2) is 5.01 Å². The van der Waals surface area contributed by atoms with E-state index in [1.165, 1.54) is 33.2 Å². The number of nitrogens with zero attached hydrogens (tertiary/aromatic N) is 5. The molecule has 2 heterocycles. The monoisotopic (exact) mass is 500 g/mol. The average Bonchev–Trinajstić information content (AvgIpc) is 3.43. The fourth-order valence-electron chi connectivity index (χ4n) is 4.00. The van der Waals surface area contributed by atoms with Gasteiger partial charge in [-0.2, -0.15) is 10.1 Å². The van der Waals surface area contributed by atoms with Crippen molar-refractivity contribution in [3.05, 3.63) is 82.9 Å². The standard InChI is InChI=1S/C27H28N6S2/c1-17-30-31-26(35-17)29-25(28-21-15-13-20(14-16-21)27(3,4)5)33-24(34-18(2)32-33)23-12-8-10-19-9-6-7-11-22(19)23/h6-16,24H,1-5H3,(H,28,29,31). The van der Waals surface area contributed by atoms with Gasteiger partial charge in [0.15, 0.2) is 0 Å². The fraction of sp³-hybridized carbons (Fsp3) is 0.259. The van der Waals surface area contributed by atoms with Gasteiger partial charge in [0.1, 0.15) is 10.4 Å². The van der Waals surface area contributed by atoms with E-state index in [2.05, 4.69) is 103 Å². The summed E-state index contributed by atoms with van der Waals surface area (Å²) in [7, 11) is 0. The van der Waals surface area contributed by atoms with Crippen molar-refractivity contribution in [1.82, 2.24) is 15.2 Å². The highest BCUT2D eigenvalue weighted by molar-refractivity contribution is 8.14. The second-order valence-electron chi connectivity index (χ2n) is 9.49. The number of hydrazone groups is 1. The molecule has 6 nitrogen and oxygen atoms in total. The summed E-state index contributed by atoms with van der Waals surface area (Å²) in [5.74, 6) is 0.618. The van der Waals surface area contributed by atoms with Crippen LogP contribution in [0.25, 0.3) is 10.8 Å². The lowest BCUT2D eigenvalue weighted by Crippen LogP contribution is -2.32. The maximum Gasteiger partial charge on any atom is 0.234 e. The number of aryl methyl sites for hydroxylation is 1. The lowest BCUT2D eigenvalue weighted by atomic mass is 9.87. The van der Waals surface area contributed by atoms with Crippen LogP contribution in [-0.2, 0) is 5.41 Å². The van der Waals surface area contributed by atoms with E-state index in [9.17, 15) is 0 Å². The Bertz CT molecular complexity index is 1410. The van der Waals surface area contributed by atoms with Crippen molar-refractivity contribution in [2.75, 3.05) is 5.32 Å². The van der Waals surface area contributed by atoms with Gasteiger partial charge in [-0.15, -0.1) is 10.2 Å². The Balaban J connectivity index is 1.56. The van der Waals surface area contributed by atoms with E-state index >= 15 is 0 Å². The molecule has 8 heteroatoms. The van der Waals surface area contributed by atoms with Crippen LogP contribution in [0.4, 0.5) is 10.8 Å². The van der Waals surface area contributed by atoms with E-state index in [0.29, 0.717) is 11.1 Å². The van der Waals surface area contributed by atoms with Gasteiger partial charge in [0.25, 0.3) is 0 Å². The molecule has 1 N–H and O–H groups in total. The number of fused-ring (bicyclic) bond motifs is 1. The number of aromatic nitrogens is 2. The summed E-state index contributed by atoms with van der Waals surface area (Å²) >= 11 is 3.18. The molecule has 4 aromatic rings. The maximum absolute atomic E-state index is 4.89. The van der Waals surface area contributed by atoms with Gasteiger partial charge in [0.2, 0.25) is 11.1 Å². The van der Waals surface area contributed by atoms with Crippen molar-refractivity contribution >= 4 is 55.7 Å². The molecule has 35 heavy (non-hydrogen) atoms. The molecule has 0 saturated heterocycles. The maximum atomic E-state index is 4.89. The second-order valence-corrected chi connectivity index (χ2v) is 11.9. The van der Waals surface area contributed by atoms with Crippen LogP contribution in [-0.4, -0.2) is 26.2 Å². The van der Waals surface area contributed by atoms with Crippen LogP contribution in [0.2, 0.25) is 0 Å². The first-order chi connectivity index (χ1) is 16.8. The molecule has 1 atom stereocenters. The number of benzene rings is 3. The molecule has 0 fully saturated rings. The third-order valence-corrected chi connectivity index (χ3v) is 7.62. The van der Waals surface area contributed by atoms with E-state index in [1.54, 1.807) is 11.8 Å². The van der Waals surface area contributed by atoms with Crippen LogP contribution in [0.1, 0.15) is 49.2 Å². The topological polar surface area (TPSA) is 65.8 Å². The molecule has 1 aliphatic rings. The smallest absolute Gasteiger partial charge is 0.234 e. The third kappa shape index (κ3) is 5.09. The molecule has 3 aromatic carbocycles. The number of thioether (sulfide) groups is 1. The summed E-state index contributed by atoms with van der Waals surface area (Å²) in [6.45, 7) is 10.6. The van der Waals surface area contributed by atoms with E-state index in [1.807, 2.05) is 18.9 Å².